The van der Waals surface area contributed by atoms with Gasteiger partial charge in [0.25, 0.3) is 11.8 Å². The zero-order valence-corrected chi connectivity index (χ0v) is 16.0. The molecule has 0 aromatic carbocycles. The lowest BCUT2D eigenvalue weighted by Gasteiger charge is -2.07. The lowest BCUT2D eigenvalue weighted by atomic mass is 10.3. The minimum atomic E-state index is -0.297. The number of carbonyl (C=O) groups excluding carboxylic acids is 2. The normalized spacial score (nSPS) is 11.1. The minimum Gasteiger partial charge on any atom is -0.397 e. The van der Waals surface area contributed by atoms with E-state index >= 15 is 0 Å². The maximum atomic E-state index is 12.3. The molecule has 10 nitrogen and oxygen atoms in total. The molecule has 0 bridgehead atoms. The average Bonchev–Trinajstić information content (AvgIpc) is 3.11. The molecule has 0 saturated carbocycles. The number of rotatable bonds is 8. The largest absolute Gasteiger partial charge is 0.397 e. The van der Waals surface area contributed by atoms with E-state index in [9.17, 15) is 9.59 Å². The van der Waals surface area contributed by atoms with E-state index in [-0.39, 0.29) is 11.8 Å². The number of nitrogen functional groups attached to an aromatic ring is 1. The molecule has 2 amide bonds. The molecule has 2 aromatic heterocycles. The maximum absolute atomic E-state index is 12.3. The second-order valence-corrected chi connectivity index (χ2v) is 6.26. The number of anilines is 2. The third-order valence-electron chi connectivity index (χ3n) is 3.69. The van der Waals surface area contributed by atoms with Gasteiger partial charge in [-0.2, -0.15) is 0 Å². The highest BCUT2D eigenvalue weighted by Crippen LogP contribution is 2.16. The van der Waals surface area contributed by atoms with Crippen LogP contribution in [0, 0.1) is 0 Å². The summed E-state index contributed by atoms with van der Waals surface area (Å²) < 4.78 is 3.30. The van der Waals surface area contributed by atoms with E-state index in [0.29, 0.717) is 35.9 Å². The molecule has 0 aliphatic rings. The van der Waals surface area contributed by atoms with E-state index in [0.717, 1.165) is 0 Å². The van der Waals surface area contributed by atoms with Crippen LogP contribution in [0.15, 0.2) is 29.5 Å². The molecule has 0 aliphatic heterocycles. The van der Waals surface area contributed by atoms with Crippen LogP contribution in [0.2, 0.25) is 0 Å². The average molecular weight is 374 g/mol. The Hall–Kier alpha value is -3.27. The first-order valence-corrected chi connectivity index (χ1v) is 8.37. The van der Waals surface area contributed by atoms with Gasteiger partial charge in [0.2, 0.25) is 0 Å². The zero-order valence-electron chi connectivity index (χ0n) is 16.0. The fraction of sp³-hybridized carbons (Fsp3) is 0.353. The van der Waals surface area contributed by atoms with Crippen molar-refractivity contribution < 1.29 is 9.59 Å². The van der Waals surface area contributed by atoms with Crippen molar-refractivity contribution in [1.29, 1.82) is 0 Å². The van der Waals surface area contributed by atoms with Gasteiger partial charge in [-0.1, -0.05) is 0 Å². The number of aliphatic imine (C=N–C) groups is 1. The van der Waals surface area contributed by atoms with Gasteiger partial charge in [0.1, 0.15) is 11.4 Å². The lowest BCUT2D eigenvalue weighted by Crippen LogP contribution is -2.30. The number of hydrogen-bond donors (Lipinski definition) is 4. The fourth-order valence-electron chi connectivity index (χ4n) is 2.41. The van der Waals surface area contributed by atoms with E-state index in [1.165, 1.54) is 0 Å². The van der Waals surface area contributed by atoms with Crippen molar-refractivity contribution in [2.24, 2.45) is 19.1 Å². The van der Waals surface area contributed by atoms with Crippen LogP contribution in [0.1, 0.15) is 21.0 Å². The van der Waals surface area contributed by atoms with Crippen LogP contribution >= 0.6 is 0 Å². The van der Waals surface area contributed by atoms with Crippen molar-refractivity contribution >= 4 is 29.5 Å². The highest BCUT2D eigenvalue weighted by molar-refractivity contribution is 6.04. The van der Waals surface area contributed by atoms with Crippen molar-refractivity contribution in [1.82, 2.24) is 24.9 Å². The number of amides is 2. The molecule has 10 heteroatoms. The smallest absolute Gasteiger partial charge is 0.272 e. The third-order valence-corrected chi connectivity index (χ3v) is 3.69. The highest BCUT2D eigenvalue weighted by Gasteiger charge is 2.15. The Morgan fingerprint density at radius 2 is 1.81 bits per heavy atom. The number of nitrogens with two attached hydrogens (primary N) is 1. The summed E-state index contributed by atoms with van der Waals surface area (Å²) in [6, 6.07) is 3.22. The van der Waals surface area contributed by atoms with E-state index in [1.54, 1.807) is 59.1 Å². The van der Waals surface area contributed by atoms with E-state index in [2.05, 4.69) is 21.1 Å². The van der Waals surface area contributed by atoms with Crippen LogP contribution in [0.5, 0.6) is 0 Å². The van der Waals surface area contributed by atoms with Crippen molar-refractivity contribution in [3.8, 4) is 0 Å². The summed E-state index contributed by atoms with van der Waals surface area (Å²) in [6.07, 6.45) is 4.91. The molecule has 0 unspecified atom stereocenters. The molecule has 2 heterocycles. The van der Waals surface area contributed by atoms with Crippen LogP contribution < -0.4 is 21.8 Å². The molecular formula is C17H26N8O2. The Kier molecular flexibility index (Phi) is 6.61. The molecule has 5 N–H and O–H groups in total. The minimum absolute atomic E-state index is 0.239. The number of hydrogen-bond acceptors (Lipinski definition) is 5. The number of nitrogens with one attached hydrogen (secondary N) is 3. The first-order chi connectivity index (χ1) is 12.8. The Morgan fingerprint density at radius 3 is 2.44 bits per heavy atom. The van der Waals surface area contributed by atoms with Gasteiger partial charge in [-0.15, -0.1) is 0 Å². The number of nitrogens with zero attached hydrogens (tertiary/aromatic N) is 4. The maximum Gasteiger partial charge on any atom is 0.272 e. The monoisotopic (exact) mass is 374 g/mol. The van der Waals surface area contributed by atoms with E-state index in [1.807, 2.05) is 14.1 Å². The Morgan fingerprint density at radius 1 is 1.15 bits per heavy atom. The molecule has 0 saturated heterocycles. The summed E-state index contributed by atoms with van der Waals surface area (Å²) in [6.45, 7) is 0.857. The van der Waals surface area contributed by atoms with Crippen LogP contribution in [0.25, 0.3) is 0 Å². The number of carbonyl (C=O) groups is 2. The van der Waals surface area contributed by atoms with Crippen molar-refractivity contribution in [2.75, 3.05) is 38.2 Å². The Bertz CT molecular complexity index is 834. The predicted molar refractivity (Wildman–Crippen MR) is 106 cm³/mol. The summed E-state index contributed by atoms with van der Waals surface area (Å²) in [5.74, 6) is -0.536. The molecule has 27 heavy (non-hydrogen) atoms. The summed E-state index contributed by atoms with van der Waals surface area (Å²) in [5, 5.41) is 7.32. The number of aromatic nitrogens is 2. The lowest BCUT2D eigenvalue weighted by molar-refractivity contribution is 0.0945. The number of aryl methyl sites for hydroxylation is 2. The molecule has 2 aromatic rings. The molecule has 0 aliphatic carbocycles. The molecular weight excluding hydrogens is 348 g/mol. The van der Waals surface area contributed by atoms with Gasteiger partial charge in [-0.25, -0.2) is 5.01 Å². The second-order valence-electron chi connectivity index (χ2n) is 6.26. The fourth-order valence-corrected chi connectivity index (χ4v) is 2.41. The summed E-state index contributed by atoms with van der Waals surface area (Å²) in [7, 11) is 7.19. The van der Waals surface area contributed by atoms with Crippen molar-refractivity contribution in [3.05, 3.63) is 35.9 Å². The van der Waals surface area contributed by atoms with Crippen LogP contribution in [-0.4, -0.2) is 59.5 Å². The van der Waals surface area contributed by atoms with Gasteiger partial charge in [0, 0.05) is 47.1 Å². The summed E-state index contributed by atoms with van der Waals surface area (Å²) >= 11 is 0. The van der Waals surface area contributed by atoms with Gasteiger partial charge < -0.3 is 30.9 Å². The van der Waals surface area contributed by atoms with Gasteiger partial charge in [-0.05, 0) is 12.1 Å². The molecule has 146 valence electrons. The zero-order chi connectivity index (χ0) is 20.0. The van der Waals surface area contributed by atoms with Crippen LogP contribution in [-0.2, 0) is 14.1 Å². The SMILES string of the molecule is CN(C)NC=NCCNC(=O)c1cc(NC(=O)c2cc(N)cn2C)cn1C. The molecule has 0 radical (unpaired) electrons. The summed E-state index contributed by atoms with van der Waals surface area (Å²) in [5.41, 5.74) is 10.5. The quantitative estimate of drug-likeness (QED) is 0.225. The van der Waals surface area contributed by atoms with Crippen molar-refractivity contribution in [3.63, 3.8) is 0 Å². The molecule has 2 rings (SSSR count). The van der Waals surface area contributed by atoms with Crippen LogP contribution in [0.3, 0.4) is 0 Å². The van der Waals surface area contributed by atoms with Crippen molar-refractivity contribution in [2.45, 2.75) is 0 Å². The van der Waals surface area contributed by atoms with Crippen LogP contribution in [0.4, 0.5) is 11.4 Å². The molecule has 0 atom stereocenters. The van der Waals surface area contributed by atoms with E-state index in [4.69, 9.17) is 5.73 Å². The molecule has 0 spiro atoms. The first kappa shape index (κ1) is 20.0. The van der Waals surface area contributed by atoms with Gasteiger partial charge >= 0.3 is 0 Å². The third kappa shape index (κ3) is 5.61. The summed E-state index contributed by atoms with van der Waals surface area (Å²) in [4.78, 5) is 28.7. The van der Waals surface area contributed by atoms with Gasteiger partial charge in [0.05, 0.1) is 24.3 Å². The number of hydrazine groups is 1. The predicted octanol–water partition coefficient (Wildman–Crippen LogP) is 0.0224. The van der Waals surface area contributed by atoms with Gasteiger partial charge in [0.15, 0.2) is 0 Å². The van der Waals surface area contributed by atoms with E-state index < -0.39 is 0 Å². The molecule has 0 fully saturated rings. The highest BCUT2D eigenvalue weighted by atomic mass is 16.2. The Balaban J connectivity index is 1.91. The topological polar surface area (TPSA) is 122 Å². The standard InChI is InChI=1S/C17H26N8O2/c1-23(2)21-11-19-5-6-20-16(26)15-8-13(10-25(15)4)22-17(27)14-7-12(18)9-24(14)3/h7-11H,5-6,18H2,1-4H3,(H,19,21)(H,20,26)(H,22,27). The first-order valence-electron chi connectivity index (χ1n) is 8.37. The second kappa shape index (κ2) is 8.90. The Labute approximate surface area is 158 Å². The van der Waals surface area contributed by atoms with Gasteiger partial charge in [-0.3, -0.25) is 14.6 Å².